The number of aromatic nitrogens is 3. The van der Waals surface area contributed by atoms with Gasteiger partial charge in [-0.3, -0.25) is 0 Å². The fourth-order valence-corrected chi connectivity index (χ4v) is 2.22. The Kier molecular flexibility index (Phi) is 3.38. The van der Waals surface area contributed by atoms with E-state index in [2.05, 4.69) is 25.2 Å². The summed E-state index contributed by atoms with van der Waals surface area (Å²) >= 11 is 0. The van der Waals surface area contributed by atoms with Gasteiger partial charge >= 0.3 is 0 Å². The Morgan fingerprint density at radius 2 is 1.83 bits per heavy atom. The Hall–Kier alpha value is -2.22. The van der Waals surface area contributed by atoms with Crippen LogP contribution in [-0.2, 0) is 10.0 Å². The molecule has 8 heteroatoms. The van der Waals surface area contributed by atoms with Gasteiger partial charge in [-0.25, -0.2) is 18.1 Å². The number of hydrogen-bond donors (Lipinski definition) is 2. The van der Waals surface area contributed by atoms with Gasteiger partial charge in [0.1, 0.15) is 0 Å². The molecule has 0 aliphatic heterocycles. The monoisotopic (exact) mass is 265 g/mol. The zero-order valence-electron chi connectivity index (χ0n) is 9.53. The Balaban J connectivity index is 2.25. The van der Waals surface area contributed by atoms with E-state index in [0.29, 0.717) is 0 Å². The lowest BCUT2D eigenvalue weighted by atomic mass is 10.3. The number of nitrogens with one attached hydrogen (secondary N) is 2. The molecule has 1 aromatic carbocycles. The van der Waals surface area contributed by atoms with Crippen LogP contribution < -0.4 is 10.0 Å². The van der Waals surface area contributed by atoms with E-state index in [1.807, 2.05) is 0 Å². The second-order valence-electron chi connectivity index (χ2n) is 3.35. The van der Waals surface area contributed by atoms with Gasteiger partial charge in [0.2, 0.25) is 0 Å². The van der Waals surface area contributed by atoms with E-state index in [-0.39, 0.29) is 10.8 Å². The molecule has 0 radical (unpaired) electrons. The van der Waals surface area contributed by atoms with Gasteiger partial charge in [-0.1, -0.05) is 0 Å². The van der Waals surface area contributed by atoms with Crippen molar-refractivity contribution >= 4 is 21.7 Å². The Morgan fingerprint density at radius 3 is 2.39 bits per heavy atom. The largest absolute Gasteiger partial charge is 0.388 e. The van der Waals surface area contributed by atoms with Crippen molar-refractivity contribution in [2.24, 2.45) is 0 Å². The number of rotatable bonds is 4. The highest BCUT2D eigenvalue weighted by molar-refractivity contribution is 7.92. The van der Waals surface area contributed by atoms with E-state index in [4.69, 9.17) is 0 Å². The van der Waals surface area contributed by atoms with Crippen LogP contribution in [0.5, 0.6) is 0 Å². The molecule has 0 bridgehead atoms. The SMILES string of the molecule is CNc1ccc(S(=O)(=O)Nc2nccnn2)cc1. The van der Waals surface area contributed by atoms with Crippen molar-refractivity contribution in [2.75, 3.05) is 17.1 Å². The van der Waals surface area contributed by atoms with Crippen LogP contribution in [0.2, 0.25) is 0 Å². The molecule has 1 heterocycles. The Bertz CT molecular complexity index is 612. The van der Waals surface area contributed by atoms with E-state index >= 15 is 0 Å². The molecule has 0 fully saturated rings. The standard InChI is InChI=1S/C10H11N5O2S/c1-11-8-2-4-9(5-3-8)18(16,17)15-10-12-6-7-13-14-10/h2-7,11H,1H3,(H,12,14,15). The molecule has 18 heavy (non-hydrogen) atoms. The molecule has 1 aromatic heterocycles. The van der Waals surface area contributed by atoms with E-state index in [0.717, 1.165) is 5.69 Å². The summed E-state index contributed by atoms with van der Waals surface area (Å²) in [6, 6.07) is 6.31. The highest BCUT2D eigenvalue weighted by Crippen LogP contribution is 2.15. The molecule has 0 unspecified atom stereocenters. The third-order valence-corrected chi connectivity index (χ3v) is 3.51. The Labute approximate surface area is 104 Å². The minimum atomic E-state index is -3.68. The number of hydrogen-bond acceptors (Lipinski definition) is 6. The summed E-state index contributed by atoms with van der Waals surface area (Å²) in [5.74, 6) is -0.0600. The highest BCUT2D eigenvalue weighted by atomic mass is 32.2. The highest BCUT2D eigenvalue weighted by Gasteiger charge is 2.15. The second kappa shape index (κ2) is 4.96. The fourth-order valence-electron chi connectivity index (χ4n) is 1.27. The summed E-state index contributed by atoms with van der Waals surface area (Å²) in [6.45, 7) is 0. The normalized spacial score (nSPS) is 10.9. The van der Waals surface area contributed by atoms with Crippen molar-refractivity contribution in [3.63, 3.8) is 0 Å². The van der Waals surface area contributed by atoms with Crippen LogP contribution in [0, 0.1) is 0 Å². The smallest absolute Gasteiger partial charge is 0.264 e. The minimum absolute atomic E-state index is 0.0600. The van der Waals surface area contributed by atoms with E-state index in [1.165, 1.54) is 24.5 Å². The summed E-state index contributed by atoms with van der Waals surface area (Å²) in [6.07, 6.45) is 2.72. The van der Waals surface area contributed by atoms with Gasteiger partial charge in [-0.05, 0) is 24.3 Å². The molecule has 7 nitrogen and oxygen atoms in total. The molecule has 0 amide bonds. The van der Waals surface area contributed by atoms with Crippen LogP contribution in [0.3, 0.4) is 0 Å². The molecule has 2 aromatic rings. The molecule has 0 saturated heterocycles. The lowest BCUT2D eigenvalue weighted by Crippen LogP contribution is -2.15. The van der Waals surface area contributed by atoms with Gasteiger partial charge in [-0.2, -0.15) is 5.10 Å². The first-order valence-corrected chi connectivity index (χ1v) is 6.54. The fraction of sp³-hybridized carbons (Fsp3) is 0.100. The third kappa shape index (κ3) is 2.72. The van der Waals surface area contributed by atoms with Crippen LogP contribution >= 0.6 is 0 Å². The van der Waals surface area contributed by atoms with Crippen molar-refractivity contribution in [1.29, 1.82) is 0 Å². The predicted octanol–water partition coefficient (Wildman–Crippen LogP) is 0.714. The average Bonchev–Trinajstić information content (AvgIpc) is 2.39. The topological polar surface area (TPSA) is 96.9 Å². The van der Waals surface area contributed by atoms with Crippen molar-refractivity contribution < 1.29 is 8.42 Å². The van der Waals surface area contributed by atoms with Crippen LogP contribution in [0.25, 0.3) is 0 Å². The maximum Gasteiger partial charge on any atom is 0.264 e. The molecule has 0 aliphatic carbocycles. The first-order chi connectivity index (χ1) is 8.62. The minimum Gasteiger partial charge on any atom is -0.388 e. The van der Waals surface area contributed by atoms with Crippen LogP contribution in [-0.4, -0.2) is 30.6 Å². The van der Waals surface area contributed by atoms with Gasteiger partial charge in [0, 0.05) is 12.7 Å². The zero-order chi connectivity index (χ0) is 13.0. The molecule has 0 aliphatic rings. The van der Waals surface area contributed by atoms with Crippen molar-refractivity contribution in [1.82, 2.24) is 15.2 Å². The number of anilines is 2. The molecular formula is C10H11N5O2S. The van der Waals surface area contributed by atoms with Crippen molar-refractivity contribution in [2.45, 2.75) is 4.90 Å². The summed E-state index contributed by atoms with van der Waals surface area (Å²) in [7, 11) is -1.93. The molecule has 0 spiro atoms. The molecule has 0 saturated carbocycles. The van der Waals surface area contributed by atoms with Gasteiger partial charge in [0.15, 0.2) is 0 Å². The van der Waals surface area contributed by atoms with Crippen molar-refractivity contribution in [3.8, 4) is 0 Å². The summed E-state index contributed by atoms with van der Waals surface area (Å²) in [5, 5.41) is 10.0. The number of sulfonamides is 1. The molecule has 0 atom stereocenters. The first-order valence-electron chi connectivity index (χ1n) is 5.06. The summed E-state index contributed by atoms with van der Waals surface area (Å²) in [5.41, 5.74) is 0.826. The molecular weight excluding hydrogens is 254 g/mol. The molecule has 2 rings (SSSR count). The maximum absolute atomic E-state index is 12.0. The van der Waals surface area contributed by atoms with Crippen molar-refractivity contribution in [3.05, 3.63) is 36.7 Å². The summed E-state index contributed by atoms with van der Waals surface area (Å²) < 4.78 is 26.2. The second-order valence-corrected chi connectivity index (χ2v) is 5.03. The van der Waals surface area contributed by atoms with Crippen LogP contribution in [0.15, 0.2) is 41.6 Å². The quantitative estimate of drug-likeness (QED) is 0.845. The number of nitrogens with zero attached hydrogens (tertiary/aromatic N) is 3. The molecule has 94 valence electrons. The number of benzene rings is 1. The predicted molar refractivity (Wildman–Crippen MR) is 66.6 cm³/mol. The maximum atomic E-state index is 12.0. The van der Waals surface area contributed by atoms with Crippen LogP contribution in [0.1, 0.15) is 0 Å². The van der Waals surface area contributed by atoms with E-state index in [9.17, 15) is 8.42 Å². The lowest BCUT2D eigenvalue weighted by Gasteiger charge is -2.06. The van der Waals surface area contributed by atoms with Gasteiger partial charge in [0.05, 0.1) is 17.3 Å². The third-order valence-electron chi connectivity index (χ3n) is 2.16. The van der Waals surface area contributed by atoms with Gasteiger partial charge in [-0.15, -0.1) is 5.10 Å². The summed E-state index contributed by atoms with van der Waals surface area (Å²) in [4.78, 5) is 3.88. The van der Waals surface area contributed by atoms with Gasteiger partial charge < -0.3 is 5.32 Å². The lowest BCUT2D eigenvalue weighted by molar-refractivity contribution is 0.600. The van der Waals surface area contributed by atoms with E-state index < -0.39 is 10.0 Å². The Morgan fingerprint density at radius 1 is 1.11 bits per heavy atom. The first kappa shape index (κ1) is 12.2. The van der Waals surface area contributed by atoms with Gasteiger partial charge in [0.25, 0.3) is 16.0 Å². The zero-order valence-corrected chi connectivity index (χ0v) is 10.3. The molecule has 2 N–H and O–H groups in total. The average molecular weight is 265 g/mol. The van der Waals surface area contributed by atoms with Crippen LogP contribution in [0.4, 0.5) is 11.6 Å². The van der Waals surface area contributed by atoms with E-state index in [1.54, 1.807) is 19.2 Å².